The van der Waals surface area contributed by atoms with Crippen LogP contribution in [0.1, 0.15) is 18.4 Å². The van der Waals surface area contributed by atoms with Crippen molar-refractivity contribution in [3.8, 4) is 0 Å². The Labute approximate surface area is 201 Å². The van der Waals surface area contributed by atoms with E-state index in [1.54, 1.807) is 12.4 Å². The average Bonchev–Trinajstić information content (AvgIpc) is 3.13. The number of carboxylic acids is 2. The van der Waals surface area contributed by atoms with Crippen molar-refractivity contribution in [1.29, 1.82) is 0 Å². The molecule has 0 aromatic carbocycles. The molecule has 0 aliphatic carbocycles. The second-order valence-corrected chi connectivity index (χ2v) is 10.1. The highest BCUT2D eigenvalue weighted by Crippen LogP contribution is 2.42. The van der Waals surface area contributed by atoms with Crippen molar-refractivity contribution in [3.05, 3.63) is 30.1 Å². The number of nitrogens with zero attached hydrogens (tertiary/aromatic N) is 3. The van der Waals surface area contributed by atoms with Crippen LogP contribution in [0.5, 0.6) is 0 Å². The number of hydrogen-bond donors (Lipinski definition) is 2. The summed E-state index contributed by atoms with van der Waals surface area (Å²) in [7, 11) is -3.25. The first kappa shape index (κ1) is 31.5. The molecule has 0 amide bonds. The van der Waals surface area contributed by atoms with Crippen LogP contribution in [0.25, 0.3) is 0 Å². The lowest BCUT2D eigenvalue weighted by molar-refractivity contribution is -0.193. The number of halogens is 7. The molecule has 1 aromatic rings. The van der Waals surface area contributed by atoms with Crippen LogP contribution in [-0.4, -0.2) is 95.7 Å². The SMILES string of the molecule is CS(=O)(=O)N1CCC(F)C2(CCN(Cc3ccncc3)C2)C1.O=C(O)C(F)(F)F.O=C(O)C(F)(F)F. The minimum absolute atomic E-state index is 0.298. The molecule has 3 heterocycles. The van der Waals surface area contributed by atoms with Crippen LogP contribution in [0.3, 0.4) is 0 Å². The van der Waals surface area contributed by atoms with Crippen molar-refractivity contribution in [2.24, 2.45) is 5.41 Å². The molecule has 2 atom stereocenters. The van der Waals surface area contributed by atoms with Crippen LogP contribution in [0.4, 0.5) is 30.7 Å². The zero-order valence-corrected chi connectivity index (χ0v) is 19.6. The maximum Gasteiger partial charge on any atom is 0.490 e. The number of aromatic nitrogens is 1. The summed E-state index contributed by atoms with van der Waals surface area (Å²) in [5.41, 5.74) is 0.604. The molecule has 2 unspecified atom stereocenters. The van der Waals surface area contributed by atoms with Crippen LogP contribution in [0.15, 0.2) is 24.5 Å². The number of aliphatic carboxylic acids is 2. The molecule has 17 heteroatoms. The fraction of sp³-hybridized carbons (Fsp3) is 0.632. The summed E-state index contributed by atoms with van der Waals surface area (Å²) in [6, 6.07) is 3.92. The van der Waals surface area contributed by atoms with Gasteiger partial charge in [-0.2, -0.15) is 26.3 Å². The van der Waals surface area contributed by atoms with Crippen LogP contribution in [0.2, 0.25) is 0 Å². The minimum atomic E-state index is -5.08. The van der Waals surface area contributed by atoms with Gasteiger partial charge in [0, 0.05) is 44.0 Å². The van der Waals surface area contributed by atoms with Gasteiger partial charge in [0.2, 0.25) is 10.0 Å². The molecule has 206 valence electrons. The Bertz CT molecular complexity index is 967. The van der Waals surface area contributed by atoms with E-state index in [2.05, 4.69) is 9.88 Å². The topological polar surface area (TPSA) is 128 Å². The van der Waals surface area contributed by atoms with E-state index in [-0.39, 0.29) is 0 Å². The molecule has 1 aromatic heterocycles. The summed E-state index contributed by atoms with van der Waals surface area (Å²) in [6.07, 6.45) is -5.35. The van der Waals surface area contributed by atoms with Gasteiger partial charge in [-0.3, -0.25) is 9.88 Å². The number of carboxylic acid groups (broad SMARTS) is 2. The number of pyridine rings is 1. The molecule has 3 rings (SSSR count). The predicted molar refractivity (Wildman–Crippen MR) is 110 cm³/mol. The monoisotopic (exact) mass is 555 g/mol. The van der Waals surface area contributed by atoms with E-state index in [4.69, 9.17) is 19.8 Å². The minimum Gasteiger partial charge on any atom is -0.475 e. The smallest absolute Gasteiger partial charge is 0.475 e. The Morgan fingerprint density at radius 3 is 1.92 bits per heavy atom. The van der Waals surface area contributed by atoms with Gasteiger partial charge in [-0.05, 0) is 37.1 Å². The van der Waals surface area contributed by atoms with Crippen molar-refractivity contribution in [3.63, 3.8) is 0 Å². The highest BCUT2D eigenvalue weighted by atomic mass is 32.2. The van der Waals surface area contributed by atoms with Gasteiger partial charge in [-0.25, -0.2) is 26.7 Å². The molecule has 9 nitrogen and oxygen atoms in total. The molecule has 2 saturated heterocycles. The van der Waals surface area contributed by atoms with Gasteiger partial charge < -0.3 is 10.2 Å². The molecule has 36 heavy (non-hydrogen) atoms. The van der Waals surface area contributed by atoms with Crippen LogP contribution < -0.4 is 0 Å². The second kappa shape index (κ2) is 12.1. The average molecular weight is 555 g/mol. The van der Waals surface area contributed by atoms with E-state index in [0.717, 1.165) is 18.7 Å². The molecule has 2 N–H and O–H groups in total. The van der Waals surface area contributed by atoms with E-state index in [1.807, 2.05) is 12.1 Å². The number of likely N-dealkylation sites (tertiary alicyclic amines) is 1. The van der Waals surface area contributed by atoms with E-state index in [1.165, 1.54) is 10.6 Å². The summed E-state index contributed by atoms with van der Waals surface area (Å²) in [4.78, 5) is 24.0. The number of sulfonamides is 1. The molecular formula is C19H24F7N3O6S. The van der Waals surface area contributed by atoms with Crippen LogP contribution in [-0.2, 0) is 26.2 Å². The lowest BCUT2D eigenvalue weighted by Gasteiger charge is -2.41. The highest BCUT2D eigenvalue weighted by molar-refractivity contribution is 7.88. The molecule has 0 radical (unpaired) electrons. The van der Waals surface area contributed by atoms with Gasteiger partial charge in [0.1, 0.15) is 6.17 Å². The number of rotatable bonds is 3. The first-order valence-electron chi connectivity index (χ1n) is 10.1. The molecular weight excluding hydrogens is 531 g/mol. The summed E-state index contributed by atoms with van der Waals surface area (Å²) in [5.74, 6) is -5.51. The normalized spacial score (nSPS) is 23.3. The summed E-state index contributed by atoms with van der Waals surface area (Å²) >= 11 is 0. The van der Waals surface area contributed by atoms with Crippen LogP contribution >= 0.6 is 0 Å². The second-order valence-electron chi connectivity index (χ2n) is 8.14. The van der Waals surface area contributed by atoms with Crippen molar-refractivity contribution in [2.45, 2.75) is 37.9 Å². The van der Waals surface area contributed by atoms with E-state index < -0.39 is 45.9 Å². The predicted octanol–water partition coefficient (Wildman–Crippen LogP) is 2.54. The molecule has 2 aliphatic heterocycles. The van der Waals surface area contributed by atoms with E-state index >= 15 is 0 Å². The molecule has 2 aliphatic rings. The first-order chi connectivity index (χ1) is 16.3. The molecule has 1 spiro atoms. The Morgan fingerprint density at radius 1 is 1.03 bits per heavy atom. The number of hydrogen-bond acceptors (Lipinski definition) is 6. The zero-order valence-electron chi connectivity index (χ0n) is 18.8. The summed E-state index contributed by atoms with van der Waals surface area (Å²) in [5, 5.41) is 14.2. The van der Waals surface area contributed by atoms with Crippen molar-refractivity contribution in [2.75, 3.05) is 32.4 Å². The lowest BCUT2D eigenvalue weighted by Crippen LogP contribution is -2.52. The number of piperidine rings is 1. The first-order valence-corrected chi connectivity index (χ1v) is 11.9. The van der Waals surface area contributed by atoms with Gasteiger partial charge >= 0.3 is 24.3 Å². The number of carbonyl (C=O) groups is 2. The fourth-order valence-corrected chi connectivity index (χ4v) is 4.55. The molecule has 0 saturated carbocycles. The van der Waals surface area contributed by atoms with Gasteiger partial charge in [-0.15, -0.1) is 0 Å². The summed E-state index contributed by atoms with van der Waals surface area (Å²) in [6.45, 7) is 2.78. The van der Waals surface area contributed by atoms with Crippen molar-refractivity contribution >= 4 is 22.0 Å². The Balaban J connectivity index is 0.000000383. The molecule has 0 bridgehead atoms. The maximum absolute atomic E-state index is 14.6. The van der Waals surface area contributed by atoms with Gasteiger partial charge in [0.15, 0.2) is 0 Å². The maximum atomic E-state index is 14.6. The highest BCUT2D eigenvalue weighted by Gasteiger charge is 2.49. The standard InChI is InChI=1S/C15H22FN3O2S.2C2HF3O2/c1-22(20,21)19-8-4-14(16)15(12-19)5-9-18(11-15)10-13-2-6-17-7-3-13;2*3-2(4,5)1(6)7/h2-3,6-7,14H,4-5,8-12H2,1H3;2*(H,6,7). The zero-order chi connectivity index (χ0) is 27.9. The quantitative estimate of drug-likeness (QED) is 0.545. The van der Waals surface area contributed by atoms with Crippen molar-refractivity contribution < 1.29 is 59.0 Å². The Morgan fingerprint density at radius 2 is 1.50 bits per heavy atom. The van der Waals surface area contributed by atoms with E-state index in [0.29, 0.717) is 32.5 Å². The van der Waals surface area contributed by atoms with Gasteiger partial charge in [0.05, 0.1) is 6.26 Å². The van der Waals surface area contributed by atoms with Gasteiger partial charge in [0.25, 0.3) is 0 Å². The lowest BCUT2D eigenvalue weighted by atomic mass is 9.78. The third-order valence-corrected chi connectivity index (χ3v) is 6.61. The number of alkyl halides is 7. The summed E-state index contributed by atoms with van der Waals surface area (Å²) < 4.78 is 103. The fourth-order valence-electron chi connectivity index (χ4n) is 3.63. The Kier molecular flexibility index (Phi) is 10.6. The third-order valence-electron chi connectivity index (χ3n) is 5.36. The van der Waals surface area contributed by atoms with Crippen LogP contribution in [0, 0.1) is 5.41 Å². The van der Waals surface area contributed by atoms with E-state index in [9.17, 15) is 39.2 Å². The Hall–Kier alpha value is -2.53. The molecule has 2 fully saturated rings. The largest absolute Gasteiger partial charge is 0.490 e. The van der Waals surface area contributed by atoms with Gasteiger partial charge in [-0.1, -0.05) is 0 Å². The third kappa shape index (κ3) is 9.85. The van der Waals surface area contributed by atoms with Crippen molar-refractivity contribution in [1.82, 2.24) is 14.2 Å².